The van der Waals surface area contributed by atoms with Crippen LogP contribution in [-0.2, 0) is 14.3 Å². The lowest BCUT2D eigenvalue weighted by molar-refractivity contribution is -0.384. The number of nitro benzene ring substituents is 1. The van der Waals surface area contributed by atoms with Crippen LogP contribution in [0.15, 0.2) is 28.4 Å². The third-order valence-corrected chi connectivity index (χ3v) is 2.56. The second-order valence-corrected chi connectivity index (χ2v) is 4.09. The van der Waals surface area contributed by atoms with Crippen LogP contribution in [0, 0.1) is 10.1 Å². The molecule has 0 amide bonds. The first-order valence-electron chi connectivity index (χ1n) is 6.31. The van der Waals surface area contributed by atoms with Crippen molar-refractivity contribution in [3.63, 3.8) is 0 Å². The van der Waals surface area contributed by atoms with Crippen molar-refractivity contribution < 1.29 is 24.0 Å². The average Bonchev–Trinajstić information content (AvgIpc) is 2.47. The van der Waals surface area contributed by atoms with Gasteiger partial charge in [-0.1, -0.05) is 0 Å². The summed E-state index contributed by atoms with van der Waals surface area (Å²) in [7, 11) is 1.37. The van der Waals surface area contributed by atoms with E-state index in [1.54, 1.807) is 6.92 Å². The first-order valence-corrected chi connectivity index (χ1v) is 6.31. The van der Waals surface area contributed by atoms with Gasteiger partial charge in [-0.15, -0.1) is 5.11 Å². The molecule has 0 aliphatic carbocycles. The molecule has 0 heterocycles. The molecular formula is C13H15N3O6. The Morgan fingerprint density at radius 1 is 1.41 bits per heavy atom. The van der Waals surface area contributed by atoms with Gasteiger partial charge in [0.2, 0.25) is 6.04 Å². The number of rotatable bonds is 7. The van der Waals surface area contributed by atoms with Crippen LogP contribution in [0.4, 0.5) is 11.4 Å². The van der Waals surface area contributed by atoms with Gasteiger partial charge in [0.15, 0.2) is 11.5 Å². The Balaban J connectivity index is 3.12. The van der Waals surface area contributed by atoms with Gasteiger partial charge in [-0.05, 0) is 26.0 Å². The van der Waals surface area contributed by atoms with Crippen molar-refractivity contribution >= 4 is 23.1 Å². The Bertz CT molecular complexity index is 614. The summed E-state index contributed by atoms with van der Waals surface area (Å²) in [5.74, 6) is -1.15. The zero-order valence-corrected chi connectivity index (χ0v) is 12.3. The second kappa shape index (κ2) is 7.81. The molecule has 1 unspecified atom stereocenters. The first kappa shape index (κ1) is 17.2. The summed E-state index contributed by atoms with van der Waals surface area (Å²) in [6, 6.07) is 2.49. The minimum absolute atomic E-state index is 0.0841. The Morgan fingerprint density at radius 3 is 2.59 bits per heavy atom. The monoisotopic (exact) mass is 309 g/mol. The fourth-order valence-electron chi connectivity index (χ4n) is 1.50. The molecule has 0 aromatic heterocycles. The zero-order chi connectivity index (χ0) is 16.7. The Morgan fingerprint density at radius 2 is 2.09 bits per heavy atom. The SMILES string of the molecule is CCOC(=O)C(N=Nc1ccc(OC)cc1[N+](=O)[O-])C(C)=O. The van der Waals surface area contributed by atoms with Gasteiger partial charge in [-0.2, -0.15) is 5.11 Å². The number of hydrogen-bond donors (Lipinski definition) is 0. The van der Waals surface area contributed by atoms with Gasteiger partial charge in [0.05, 0.1) is 24.7 Å². The fraction of sp³-hybridized carbons (Fsp3) is 0.385. The molecule has 1 aromatic carbocycles. The highest BCUT2D eigenvalue weighted by Crippen LogP contribution is 2.31. The van der Waals surface area contributed by atoms with Crippen molar-refractivity contribution in [3.05, 3.63) is 28.3 Å². The molecule has 0 spiro atoms. The maximum absolute atomic E-state index is 11.6. The maximum Gasteiger partial charge on any atom is 0.340 e. The van der Waals surface area contributed by atoms with E-state index in [-0.39, 0.29) is 23.7 Å². The second-order valence-electron chi connectivity index (χ2n) is 4.09. The van der Waals surface area contributed by atoms with E-state index in [0.29, 0.717) is 0 Å². The largest absolute Gasteiger partial charge is 0.496 e. The number of carbonyl (C=O) groups excluding carboxylic acids is 2. The molecule has 0 fully saturated rings. The van der Waals surface area contributed by atoms with Gasteiger partial charge >= 0.3 is 5.97 Å². The van der Waals surface area contributed by atoms with Gasteiger partial charge < -0.3 is 9.47 Å². The number of ether oxygens (including phenoxy) is 2. The van der Waals surface area contributed by atoms with Crippen LogP contribution in [0.3, 0.4) is 0 Å². The van der Waals surface area contributed by atoms with Crippen LogP contribution in [0.1, 0.15) is 13.8 Å². The summed E-state index contributed by atoms with van der Waals surface area (Å²) >= 11 is 0. The van der Waals surface area contributed by atoms with Crippen LogP contribution in [0.5, 0.6) is 5.75 Å². The predicted octanol–water partition coefficient (Wildman–Crippen LogP) is 2.21. The van der Waals surface area contributed by atoms with Crippen molar-refractivity contribution in [2.24, 2.45) is 10.2 Å². The van der Waals surface area contributed by atoms with E-state index in [1.165, 1.54) is 25.3 Å². The molecule has 1 aromatic rings. The van der Waals surface area contributed by atoms with Crippen molar-refractivity contribution in [3.8, 4) is 5.75 Å². The minimum atomic E-state index is -1.44. The number of Topliss-reactive ketones (excluding diaryl/α,β-unsaturated/α-hetero) is 1. The van der Waals surface area contributed by atoms with Crippen molar-refractivity contribution in [1.29, 1.82) is 0 Å². The molecule has 0 saturated heterocycles. The van der Waals surface area contributed by atoms with E-state index in [4.69, 9.17) is 9.47 Å². The van der Waals surface area contributed by atoms with Crippen LogP contribution in [-0.4, -0.2) is 36.4 Å². The fourth-order valence-corrected chi connectivity index (χ4v) is 1.50. The molecule has 1 atom stereocenters. The van der Waals surface area contributed by atoms with Gasteiger partial charge in [0.1, 0.15) is 5.75 Å². The molecule has 118 valence electrons. The topological polar surface area (TPSA) is 120 Å². The molecule has 22 heavy (non-hydrogen) atoms. The van der Waals surface area contributed by atoms with E-state index >= 15 is 0 Å². The summed E-state index contributed by atoms with van der Waals surface area (Å²) in [5, 5.41) is 18.2. The summed E-state index contributed by atoms with van der Waals surface area (Å²) in [5.41, 5.74) is -0.449. The van der Waals surface area contributed by atoms with E-state index in [2.05, 4.69) is 10.2 Å². The van der Waals surface area contributed by atoms with Crippen LogP contribution >= 0.6 is 0 Å². The normalized spacial score (nSPS) is 12.0. The summed E-state index contributed by atoms with van der Waals surface area (Å²) < 4.78 is 9.59. The minimum Gasteiger partial charge on any atom is -0.496 e. The van der Waals surface area contributed by atoms with Crippen molar-refractivity contribution in [1.82, 2.24) is 0 Å². The number of hydrogen-bond acceptors (Lipinski definition) is 8. The van der Waals surface area contributed by atoms with E-state index < -0.39 is 22.7 Å². The standard InChI is InChI=1S/C13H15N3O6/c1-4-22-13(18)12(8(2)17)15-14-10-6-5-9(21-3)7-11(10)16(19)20/h5-7,12H,4H2,1-3H3. The number of nitro groups is 1. The number of esters is 1. The number of methoxy groups -OCH3 is 1. The van der Waals surface area contributed by atoms with Gasteiger partial charge in [-0.25, -0.2) is 4.79 Å². The molecular weight excluding hydrogens is 294 g/mol. The Hall–Kier alpha value is -2.84. The molecule has 0 aliphatic heterocycles. The highest BCUT2D eigenvalue weighted by Gasteiger charge is 2.25. The summed E-state index contributed by atoms with van der Waals surface area (Å²) in [6.45, 7) is 2.82. The smallest absolute Gasteiger partial charge is 0.340 e. The molecule has 0 radical (unpaired) electrons. The first-order chi connectivity index (χ1) is 10.4. The molecule has 0 aliphatic rings. The highest BCUT2D eigenvalue weighted by atomic mass is 16.6. The maximum atomic E-state index is 11.6. The third-order valence-electron chi connectivity index (χ3n) is 2.56. The molecule has 9 nitrogen and oxygen atoms in total. The number of azo groups is 1. The number of benzene rings is 1. The molecule has 0 saturated carbocycles. The number of ketones is 1. The van der Waals surface area contributed by atoms with Gasteiger partial charge in [0, 0.05) is 0 Å². The number of carbonyl (C=O) groups is 2. The summed E-state index contributed by atoms with van der Waals surface area (Å²) in [4.78, 5) is 33.3. The average molecular weight is 309 g/mol. The van der Waals surface area contributed by atoms with Crippen molar-refractivity contribution in [2.45, 2.75) is 19.9 Å². The molecule has 9 heteroatoms. The van der Waals surface area contributed by atoms with Crippen LogP contribution in [0.2, 0.25) is 0 Å². The lowest BCUT2D eigenvalue weighted by Crippen LogP contribution is -2.28. The van der Waals surface area contributed by atoms with Crippen molar-refractivity contribution in [2.75, 3.05) is 13.7 Å². The van der Waals surface area contributed by atoms with Gasteiger partial charge in [0.25, 0.3) is 5.69 Å². The quantitative estimate of drug-likeness (QED) is 0.250. The molecule has 0 bridgehead atoms. The zero-order valence-electron chi connectivity index (χ0n) is 12.3. The Labute approximate surface area is 126 Å². The summed E-state index contributed by atoms with van der Waals surface area (Å²) in [6.07, 6.45) is 0. The van der Waals surface area contributed by atoms with E-state index in [9.17, 15) is 19.7 Å². The number of nitrogens with zero attached hydrogens (tertiary/aromatic N) is 3. The molecule has 0 N–H and O–H groups in total. The lowest BCUT2D eigenvalue weighted by atomic mass is 10.2. The van der Waals surface area contributed by atoms with E-state index in [1.807, 2.05) is 0 Å². The van der Waals surface area contributed by atoms with Crippen LogP contribution in [0.25, 0.3) is 0 Å². The highest BCUT2D eigenvalue weighted by molar-refractivity contribution is 6.02. The molecule has 1 rings (SSSR count). The lowest BCUT2D eigenvalue weighted by Gasteiger charge is -2.06. The third kappa shape index (κ3) is 4.33. The van der Waals surface area contributed by atoms with E-state index in [0.717, 1.165) is 6.92 Å². The van der Waals surface area contributed by atoms with Gasteiger partial charge in [-0.3, -0.25) is 14.9 Å². The Kier molecular flexibility index (Phi) is 6.11. The van der Waals surface area contributed by atoms with Crippen LogP contribution < -0.4 is 4.74 Å². The predicted molar refractivity (Wildman–Crippen MR) is 75.3 cm³/mol.